The van der Waals surface area contributed by atoms with E-state index in [1.54, 1.807) is 40.1 Å². The first-order valence-electron chi connectivity index (χ1n) is 13.3. The Bertz CT molecular complexity index is 1490. The third-order valence-electron chi connectivity index (χ3n) is 7.17. The molecule has 2 heterocycles. The summed E-state index contributed by atoms with van der Waals surface area (Å²) in [6.45, 7) is 2.32. The molecule has 0 N–H and O–H groups in total. The van der Waals surface area contributed by atoms with Crippen molar-refractivity contribution in [1.29, 1.82) is 0 Å². The van der Waals surface area contributed by atoms with Crippen LogP contribution < -0.4 is 14.4 Å². The zero-order valence-corrected chi connectivity index (χ0v) is 22.8. The van der Waals surface area contributed by atoms with E-state index in [0.717, 1.165) is 35.5 Å². The Morgan fingerprint density at radius 2 is 1.57 bits per heavy atom. The highest BCUT2D eigenvalue weighted by Gasteiger charge is 2.37. The minimum absolute atomic E-state index is 0.134. The lowest BCUT2D eigenvalue weighted by atomic mass is 9.97. The summed E-state index contributed by atoms with van der Waals surface area (Å²) in [6.07, 6.45) is 3.55. The predicted octanol–water partition coefficient (Wildman–Crippen LogP) is 6.01. The summed E-state index contributed by atoms with van der Waals surface area (Å²) in [5.41, 5.74) is 3.61. The number of ether oxygens (including phenoxy) is 2. The van der Waals surface area contributed by atoms with Gasteiger partial charge in [-0.15, -0.1) is 0 Å². The highest BCUT2D eigenvalue weighted by atomic mass is 19.1. The van der Waals surface area contributed by atoms with E-state index in [9.17, 15) is 14.0 Å². The van der Waals surface area contributed by atoms with E-state index in [1.807, 2.05) is 49.5 Å². The standard InChI is InChI=1S/C32H32FN3O4/c1-4-5-16-34(32(38)23-18-25(39-2)20-26(19-23)40-3)21-30(37)36-28-10-7-6-9-27(28)35-17-8-11-29(35)31(36)22-12-14-24(33)15-13-22/h6-15,17-20,31H,4-5,16,21H2,1-3H3. The molecule has 2 amide bonds. The van der Waals surface area contributed by atoms with Gasteiger partial charge in [-0.1, -0.05) is 37.6 Å². The molecule has 1 aromatic heterocycles. The molecule has 40 heavy (non-hydrogen) atoms. The van der Waals surface area contributed by atoms with Crippen LogP contribution >= 0.6 is 0 Å². The number of hydrogen-bond acceptors (Lipinski definition) is 4. The van der Waals surface area contributed by atoms with E-state index >= 15 is 0 Å². The van der Waals surface area contributed by atoms with Gasteiger partial charge in [0.15, 0.2) is 0 Å². The molecule has 1 unspecified atom stereocenters. The zero-order valence-electron chi connectivity index (χ0n) is 22.8. The predicted molar refractivity (Wildman–Crippen MR) is 152 cm³/mol. The van der Waals surface area contributed by atoms with Crippen LogP contribution in [0, 0.1) is 5.82 Å². The lowest BCUT2D eigenvalue weighted by Gasteiger charge is -2.39. The van der Waals surface area contributed by atoms with Gasteiger partial charge in [-0.3, -0.25) is 14.5 Å². The average molecular weight is 542 g/mol. The number of unbranched alkanes of at least 4 members (excludes halogenated alkanes) is 1. The molecule has 0 saturated heterocycles. The molecule has 0 radical (unpaired) electrons. The van der Waals surface area contributed by atoms with Crippen LogP contribution in [-0.4, -0.2) is 48.6 Å². The highest BCUT2D eigenvalue weighted by molar-refractivity contribution is 6.03. The number of fused-ring (bicyclic) bond motifs is 3. The fraction of sp³-hybridized carbons (Fsp3) is 0.250. The Labute approximate surface area is 233 Å². The summed E-state index contributed by atoms with van der Waals surface area (Å²) in [4.78, 5) is 31.4. The van der Waals surface area contributed by atoms with Gasteiger partial charge in [0.05, 0.1) is 31.3 Å². The lowest BCUT2D eigenvalue weighted by molar-refractivity contribution is -0.119. The Morgan fingerprint density at radius 3 is 2.23 bits per heavy atom. The topological polar surface area (TPSA) is 64.0 Å². The number of nitrogens with zero attached hydrogens (tertiary/aromatic N) is 3. The van der Waals surface area contributed by atoms with Gasteiger partial charge in [0.2, 0.25) is 5.91 Å². The molecule has 3 aromatic carbocycles. The van der Waals surface area contributed by atoms with Gasteiger partial charge < -0.3 is 18.9 Å². The summed E-state index contributed by atoms with van der Waals surface area (Å²) < 4.78 is 26.7. The number of hydrogen-bond donors (Lipinski definition) is 0. The van der Waals surface area contributed by atoms with Crippen LogP contribution in [0.4, 0.5) is 10.1 Å². The minimum Gasteiger partial charge on any atom is -0.497 e. The van der Waals surface area contributed by atoms with Crippen molar-refractivity contribution in [2.45, 2.75) is 25.8 Å². The molecule has 7 nitrogen and oxygen atoms in total. The van der Waals surface area contributed by atoms with Crippen LogP contribution in [0.5, 0.6) is 11.5 Å². The van der Waals surface area contributed by atoms with Crippen LogP contribution in [0.25, 0.3) is 5.69 Å². The van der Waals surface area contributed by atoms with Crippen molar-refractivity contribution >= 4 is 17.5 Å². The monoisotopic (exact) mass is 541 g/mol. The van der Waals surface area contributed by atoms with E-state index < -0.39 is 6.04 Å². The first kappa shape index (κ1) is 27.0. The number of amides is 2. The molecular weight excluding hydrogens is 509 g/mol. The Hall–Kier alpha value is -4.59. The molecule has 0 fully saturated rings. The lowest BCUT2D eigenvalue weighted by Crippen LogP contribution is -2.47. The second-order valence-corrected chi connectivity index (χ2v) is 9.69. The smallest absolute Gasteiger partial charge is 0.254 e. The minimum atomic E-state index is -0.502. The van der Waals surface area contributed by atoms with Crippen molar-refractivity contribution in [2.24, 2.45) is 0 Å². The Morgan fingerprint density at radius 1 is 0.900 bits per heavy atom. The highest BCUT2D eigenvalue weighted by Crippen LogP contribution is 2.42. The van der Waals surface area contributed by atoms with E-state index in [4.69, 9.17) is 9.47 Å². The first-order valence-corrected chi connectivity index (χ1v) is 13.3. The molecule has 0 spiro atoms. The average Bonchev–Trinajstić information content (AvgIpc) is 3.48. The molecular formula is C32H32FN3O4. The molecule has 206 valence electrons. The van der Waals surface area contributed by atoms with E-state index in [1.165, 1.54) is 26.4 Å². The van der Waals surface area contributed by atoms with Crippen molar-refractivity contribution in [2.75, 3.05) is 32.2 Å². The number of aromatic nitrogens is 1. The normalized spacial score (nSPS) is 13.8. The zero-order chi connectivity index (χ0) is 28.2. The summed E-state index contributed by atoms with van der Waals surface area (Å²) in [5.74, 6) is 0.107. The number of carbonyl (C=O) groups is 2. The van der Waals surface area contributed by atoms with Crippen molar-refractivity contribution in [3.63, 3.8) is 0 Å². The van der Waals surface area contributed by atoms with Gasteiger partial charge in [0.25, 0.3) is 5.91 Å². The Kier molecular flexibility index (Phi) is 7.86. The van der Waals surface area contributed by atoms with E-state index in [0.29, 0.717) is 23.6 Å². The maximum atomic E-state index is 14.3. The van der Waals surface area contributed by atoms with Gasteiger partial charge in [0.1, 0.15) is 29.9 Å². The maximum Gasteiger partial charge on any atom is 0.254 e. The third-order valence-corrected chi connectivity index (χ3v) is 7.17. The quantitative estimate of drug-likeness (QED) is 0.260. The van der Waals surface area contributed by atoms with Crippen LogP contribution in [0.15, 0.2) is 85.1 Å². The van der Waals surface area contributed by atoms with Crippen molar-refractivity contribution in [1.82, 2.24) is 9.47 Å². The summed E-state index contributed by atoms with van der Waals surface area (Å²) in [6, 6.07) is 22.3. The molecule has 1 aliphatic rings. The molecule has 1 atom stereocenters. The number of anilines is 1. The molecule has 4 aromatic rings. The van der Waals surface area contributed by atoms with Gasteiger partial charge >= 0.3 is 0 Å². The Balaban J connectivity index is 1.55. The van der Waals surface area contributed by atoms with Crippen molar-refractivity contribution < 1.29 is 23.5 Å². The van der Waals surface area contributed by atoms with Crippen molar-refractivity contribution in [3.05, 3.63) is 108 Å². The summed E-state index contributed by atoms with van der Waals surface area (Å²) >= 11 is 0. The van der Waals surface area contributed by atoms with Crippen LogP contribution in [0.3, 0.4) is 0 Å². The maximum absolute atomic E-state index is 14.3. The largest absolute Gasteiger partial charge is 0.497 e. The van der Waals surface area contributed by atoms with Crippen molar-refractivity contribution in [3.8, 4) is 17.2 Å². The molecule has 0 bridgehead atoms. The second kappa shape index (κ2) is 11.7. The third kappa shape index (κ3) is 5.17. The van der Waals surface area contributed by atoms with E-state index in [2.05, 4.69) is 4.57 Å². The number of halogens is 1. The SMILES string of the molecule is CCCCN(CC(=O)N1c2ccccc2-n2cccc2C1c1ccc(F)cc1)C(=O)c1cc(OC)cc(OC)c1. The fourth-order valence-electron chi connectivity index (χ4n) is 5.18. The molecule has 1 aliphatic heterocycles. The number of rotatable bonds is 9. The van der Waals surface area contributed by atoms with E-state index in [-0.39, 0.29) is 24.2 Å². The van der Waals surface area contributed by atoms with Crippen LogP contribution in [0.2, 0.25) is 0 Å². The molecule has 5 rings (SSSR count). The number of benzene rings is 3. The van der Waals surface area contributed by atoms with Gasteiger partial charge in [0, 0.05) is 24.4 Å². The molecule has 0 saturated carbocycles. The van der Waals surface area contributed by atoms with Gasteiger partial charge in [-0.25, -0.2) is 4.39 Å². The summed E-state index contributed by atoms with van der Waals surface area (Å²) in [5, 5.41) is 0. The summed E-state index contributed by atoms with van der Waals surface area (Å²) in [7, 11) is 3.06. The number of carbonyl (C=O) groups excluding carboxylic acids is 2. The van der Waals surface area contributed by atoms with Gasteiger partial charge in [-0.05, 0) is 60.5 Å². The number of para-hydroxylation sites is 2. The first-order chi connectivity index (χ1) is 19.4. The molecule has 0 aliphatic carbocycles. The molecule has 8 heteroatoms. The number of methoxy groups -OCH3 is 2. The fourth-order valence-corrected chi connectivity index (χ4v) is 5.18. The van der Waals surface area contributed by atoms with Gasteiger partial charge in [-0.2, -0.15) is 0 Å². The van der Waals surface area contributed by atoms with Crippen LogP contribution in [-0.2, 0) is 4.79 Å². The second-order valence-electron chi connectivity index (χ2n) is 9.69. The van der Waals surface area contributed by atoms with Crippen LogP contribution in [0.1, 0.15) is 47.4 Å².